The molecular weight excluding hydrogens is 244 g/mol. The monoisotopic (exact) mass is 266 g/mol. The fraction of sp³-hybridized carbons (Fsp3) is 0.500. The molecule has 0 saturated carbocycles. The topological polar surface area (TPSA) is 55.1 Å². The van der Waals surface area contributed by atoms with E-state index in [1.165, 1.54) is 5.56 Å². The highest BCUT2D eigenvalue weighted by molar-refractivity contribution is 7.98. The van der Waals surface area contributed by atoms with Gasteiger partial charge >= 0.3 is 0 Å². The zero-order valence-corrected chi connectivity index (χ0v) is 11.9. The molecule has 0 bridgehead atoms. The van der Waals surface area contributed by atoms with E-state index >= 15 is 0 Å². The van der Waals surface area contributed by atoms with Crippen molar-refractivity contribution in [1.29, 1.82) is 0 Å². The van der Waals surface area contributed by atoms with Crippen LogP contribution in [-0.4, -0.2) is 24.0 Å². The van der Waals surface area contributed by atoms with E-state index in [0.29, 0.717) is 6.42 Å². The first-order valence-corrected chi connectivity index (χ1v) is 7.71. The highest BCUT2D eigenvalue weighted by atomic mass is 32.2. The Kier molecular flexibility index (Phi) is 6.83. The molecule has 1 atom stereocenters. The molecule has 0 unspecified atom stereocenters. The summed E-state index contributed by atoms with van der Waals surface area (Å²) < 4.78 is 0. The lowest BCUT2D eigenvalue weighted by Gasteiger charge is -2.14. The first-order valence-electron chi connectivity index (χ1n) is 6.32. The lowest BCUT2D eigenvalue weighted by molar-refractivity contribution is -0.117. The van der Waals surface area contributed by atoms with E-state index in [1.54, 1.807) is 11.8 Å². The molecule has 0 aliphatic rings. The van der Waals surface area contributed by atoms with Gasteiger partial charge in [0.05, 0.1) is 6.04 Å². The van der Waals surface area contributed by atoms with Crippen LogP contribution >= 0.6 is 11.8 Å². The smallest absolute Gasteiger partial charge is 0.241 e. The Morgan fingerprint density at radius 1 is 1.44 bits per heavy atom. The molecule has 1 aromatic rings. The second-order valence-electron chi connectivity index (χ2n) is 4.28. The van der Waals surface area contributed by atoms with E-state index in [2.05, 4.69) is 12.2 Å². The number of carbonyl (C=O) groups excluding carboxylic acids is 1. The molecule has 1 amide bonds. The summed E-state index contributed by atoms with van der Waals surface area (Å²) >= 11 is 1.70. The average Bonchev–Trinajstić information content (AvgIpc) is 2.38. The number of amides is 1. The first kappa shape index (κ1) is 15.1. The lowest BCUT2D eigenvalue weighted by Crippen LogP contribution is -2.36. The normalized spacial score (nSPS) is 12.2. The number of thioether (sulfide) groups is 1. The van der Waals surface area contributed by atoms with Crippen LogP contribution in [0.3, 0.4) is 0 Å². The SMILES string of the molecule is CCCc1ccccc1NC(=O)[C@H](N)CCSC. The van der Waals surface area contributed by atoms with Gasteiger partial charge in [-0.2, -0.15) is 11.8 Å². The van der Waals surface area contributed by atoms with E-state index < -0.39 is 6.04 Å². The average molecular weight is 266 g/mol. The Bertz CT molecular complexity index is 382. The van der Waals surface area contributed by atoms with Crippen molar-refractivity contribution in [3.63, 3.8) is 0 Å². The van der Waals surface area contributed by atoms with Gasteiger partial charge in [-0.25, -0.2) is 0 Å². The van der Waals surface area contributed by atoms with Crippen molar-refractivity contribution in [3.05, 3.63) is 29.8 Å². The molecule has 0 spiro atoms. The molecule has 0 heterocycles. The van der Waals surface area contributed by atoms with Gasteiger partial charge < -0.3 is 11.1 Å². The van der Waals surface area contributed by atoms with Crippen LogP contribution in [0, 0.1) is 0 Å². The number of nitrogens with one attached hydrogen (secondary N) is 1. The predicted molar refractivity (Wildman–Crippen MR) is 80.0 cm³/mol. The van der Waals surface area contributed by atoms with Gasteiger partial charge in [-0.05, 0) is 36.5 Å². The Labute approximate surface area is 114 Å². The lowest BCUT2D eigenvalue weighted by atomic mass is 10.1. The number of hydrogen-bond acceptors (Lipinski definition) is 3. The van der Waals surface area contributed by atoms with Crippen LogP contribution in [0.4, 0.5) is 5.69 Å². The third kappa shape index (κ3) is 4.70. The molecule has 3 N–H and O–H groups in total. The number of aryl methyl sites for hydroxylation is 1. The Morgan fingerprint density at radius 3 is 2.83 bits per heavy atom. The molecule has 0 aromatic heterocycles. The molecule has 1 rings (SSSR count). The minimum Gasteiger partial charge on any atom is -0.324 e. The van der Waals surface area contributed by atoms with Gasteiger partial charge in [0.15, 0.2) is 0 Å². The van der Waals surface area contributed by atoms with Gasteiger partial charge in [-0.15, -0.1) is 0 Å². The van der Waals surface area contributed by atoms with Crippen LogP contribution in [0.15, 0.2) is 24.3 Å². The fourth-order valence-electron chi connectivity index (χ4n) is 1.73. The van der Waals surface area contributed by atoms with Crippen molar-refractivity contribution in [1.82, 2.24) is 0 Å². The number of nitrogens with two attached hydrogens (primary N) is 1. The van der Waals surface area contributed by atoms with Crippen molar-refractivity contribution < 1.29 is 4.79 Å². The summed E-state index contributed by atoms with van der Waals surface area (Å²) in [6.07, 6.45) is 4.76. The zero-order valence-electron chi connectivity index (χ0n) is 11.1. The van der Waals surface area contributed by atoms with Crippen LogP contribution in [0.2, 0.25) is 0 Å². The Balaban J connectivity index is 2.63. The summed E-state index contributed by atoms with van der Waals surface area (Å²) in [5.74, 6) is 0.818. The molecule has 18 heavy (non-hydrogen) atoms. The zero-order chi connectivity index (χ0) is 13.4. The predicted octanol–water partition coefficient (Wildman–Crippen LogP) is 2.66. The van der Waals surface area contributed by atoms with Crippen molar-refractivity contribution >= 4 is 23.4 Å². The summed E-state index contributed by atoms with van der Waals surface area (Å²) in [5, 5.41) is 2.93. The minimum absolute atomic E-state index is 0.0902. The molecular formula is C14H22N2OS. The molecule has 3 nitrogen and oxygen atoms in total. The summed E-state index contributed by atoms with van der Waals surface area (Å²) in [4.78, 5) is 11.9. The highest BCUT2D eigenvalue weighted by Gasteiger charge is 2.14. The third-order valence-electron chi connectivity index (χ3n) is 2.76. The number of hydrogen-bond donors (Lipinski definition) is 2. The second kappa shape index (κ2) is 8.16. The highest BCUT2D eigenvalue weighted by Crippen LogP contribution is 2.17. The Morgan fingerprint density at radius 2 is 2.17 bits per heavy atom. The number of carbonyl (C=O) groups is 1. The van der Waals surface area contributed by atoms with E-state index in [-0.39, 0.29) is 5.91 Å². The summed E-state index contributed by atoms with van der Waals surface area (Å²) in [6.45, 7) is 2.13. The van der Waals surface area contributed by atoms with Gasteiger partial charge in [0.1, 0.15) is 0 Å². The van der Waals surface area contributed by atoms with Gasteiger partial charge in [0.25, 0.3) is 0 Å². The van der Waals surface area contributed by atoms with Gasteiger partial charge in [-0.3, -0.25) is 4.79 Å². The maximum Gasteiger partial charge on any atom is 0.241 e. The van der Waals surface area contributed by atoms with E-state index in [0.717, 1.165) is 24.3 Å². The van der Waals surface area contributed by atoms with E-state index in [1.807, 2.05) is 30.5 Å². The van der Waals surface area contributed by atoms with Crippen LogP contribution in [-0.2, 0) is 11.2 Å². The van der Waals surface area contributed by atoms with E-state index in [4.69, 9.17) is 5.73 Å². The van der Waals surface area contributed by atoms with Crippen molar-refractivity contribution in [2.75, 3.05) is 17.3 Å². The maximum atomic E-state index is 11.9. The fourth-order valence-corrected chi connectivity index (χ4v) is 2.22. The minimum atomic E-state index is -0.424. The van der Waals surface area contributed by atoms with Crippen LogP contribution in [0.25, 0.3) is 0 Å². The quantitative estimate of drug-likeness (QED) is 0.797. The van der Waals surface area contributed by atoms with Crippen molar-refractivity contribution in [2.45, 2.75) is 32.2 Å². The molecule has 0 radical (unpaired) electrons. The molecule has 100 valence electrons. The summed E-state index contributed by atoms with van der Waals surface area (Å²) in [5.41, 5.74) is 7.91. The van der Waals surface area contributed by atoms with Gasteiger partial charge in [-0.1, -0.05) is 31.5 Å². The van der Waals surface area contributed by atoms with Gasteiger partial charge in [0.2, 0.25) is 5.91 Å². The molecule has 0 saturated heterocycles. The second-order valence-corrected chi connectivity index (χ2v) is 5.27. The largest absolute Gasteiger partial charge is 0.324 e. The van der Waals surface area contributed by atoms with Crippen molar-refractivity contribution in [3.8, 4) is 0 Å². The van der Waals surface area contributed by atoms with Crippen LogP contribution < -0.4 is 11.1 Å². The number of benzene rings is 1. The molecule has 0 aliphatic carbocycles. The number of rotatable bonds is 7. The number of para-hydroxylation sites is 1. The van der Waals surface area contributed by atoms with Crippen LogP contribution in [0.5, 0.6) is 0 Å². The number of anilines is 1. The van der Waals surface area contributed by atoms with E-state index in [9.17, 15) is 4.79 Å². The third-order valence-corrected chi connectivity index (χ3v) is 3.41. The molecule has 1 aromatic carbocycles. The molecule has 0 aliphatic heterocycles. The standard InChI is InChI=1S/C14H22N2OS/c1-3-6-11-7-4-5-8-13(11)16-14(17)12(15)9-10-18-2/h4-5,7-8,12H,3,6,9-10,15H2,1-2H3,(H,16,17)/t12-/m1/s1. The van der Waals surface area contributed by atoms with Gasteiger partial charge in [0, 0.05) is 5.69 Å². The first-order chi connectivity index (χ1) is 8.69. The summed E-state index contributed by atoms with van der Waals surface area (Å²) in [7, 11) is 0. The molecule has 0 fully saturated rings. The maximum absolute atomic E-state index is 11.9. The van der Waals surface area contributed by atoms with Crippen molar-refractivity contribution in [2.24, 2.45) is 5.73 Å². The van der Waals surface area contributed by atoms with Crippen LogP contribution in [0.1, 0.15) is 25.3 Å². The molecule has 4 heteroatoms. The Hall–Kier alpha value is -1.000. The summed E-state index contributed by atoms with van der Waals surface area (Å²) in [6, 6.07) is 7.49.